The van der Waals surface area contributed by atoms with E-state index in [2.05, 4.69) is 11.1 Å². The van der Waals surface area contributed by atoms with Crippen LogP contribution in [0.4, 0.5) is 0 Å². The molecule has 2 aromatic rings. The predicted molar refractivity (Wildman–Crippen MR) is 83.2 cm³/mol. The SMILES string of the molecule is CCc1c(-c2ccc3c(c2)CC=C3)[nH]c(=O)c(C(=O)O)c1O. The van der Waals surface area contributed by atoms with E-state index >= 15 is 0 Å². The van der Waals surface area contributed by atoms with Crippen molar-refractivity contribution in [2.75, 3.05) is 0 Å². The molecule has 0 aliphatic heterocycles. The van der Waals surface area contributed by atoms with Crippen LogP contribution in [0.3, 0.4) is 0 Å². The summed E-state index contributed by atoms with van der Waals surface area (Å²) in [5.74, 6) is -1.88. The number of pyridine rings is 1. The van der Waals surface area contributed by atoms with Crippen LogP contribution in [0.5, 0.6) is 5.75 Å². The molecule has 22 heavy (non-hydrogen) atoms. The number of allylic oxidation sites excluding steroid dienone is 1. The first kappa shape index (κ1) is 14.1. The number of aromatic nitrogens is 1. The highest BCUT2D eigenvalue weighted by Crippen LogP contribution is 2.32. The molecule has 1 aliphatic carbocycles. The maximum Gasteiger partial charge on any atom is 0.345 e. The first-order chi connectivity index (χ1) is 10.5. The van der Waals surface area contributed by atoms with Crippen LogP contribution in [0.15, 0.2) is 29.1 Å². The van der Waals surface area contributed by atoms with Gasteiger partial charge >= 0.3 is 5.97 Å². The third-order valence-electron chi connectivity index (χ3n) is 3.92. The number of fused-ring (bicyclic) bond motifs is 1. The molecule has 1 aliphatic rings. The molecule has 0 atom stereocenters. The van der Waals surface area contributed by atoms with Crippen molar-refractivity contribution in [1.82, 2.24) is 4.98 Å². The van der Waals surface area contributed by atoms with Crippen LogP contribution in [0.25, 0.3) is 17.3 Å². The van der Waals surface area contributed by atoms with E-state index in [1.165, 1.54) is 0 Å². The van der Waals surface area contributed by atoms with Gasteiger partial charge in [-0.2, -0.15) is 0 Å². The number of carbonyl (C=O) groups is 1. The van der Waals surface area contributed by atoms with E-state index in [-0.39, 0.29) is 0 Å². The summed E-state index contributed by atoms with van der Waals surface area (Å²) in [6.07, 6.45) is 5.33. The van der Waals surface area contributed by atoms with Gasteiger partial charge in [0.1, 0.15) is 5.75 Å². The smallest absolute Gasteiger partial charge is 0.345 e. The van der Waals surface area contributed by atoms with Crippen molar-refractivity contribution < 1.29 is 15.0 Å². The summed E-state index contributed by atoms with van der Waals surface area (Å²) in [4.78, 5) is 25.7. The molecule has 3 rings (SSSR count). The van der Waals surface area contributed by atoms with Crippen LogP contribution in [0, 0.1) is 0 Å². The fourth-order valence-corrected chi connectivity index (χ4v) is 2.83. The van der Waals surface area contributed by atoms with Crippen LogP contribution >= 0.6 is 0 Å². The van der Waals surface area contributed by atoms with Crippen molar-refractivity contribution in [2.45, 2.75) is 19.8 Å². The zero-order chi connectivity index (χ0) is 15.9. The van der Waals surface area contributed by atoms with E-state index < -0.39 is 22.8 Å². The molecule has 0 spiro atoms. The number of aromatic amines is 1. The summed E-state index contributed by atoms with van der Waals surface area (Å²) in [6, 6.07) is 5.77. The molecule has 1 heterocycles. The van der Waals surface area contributed by atoms with E-state index in [1.54, 1.807) is 6.92 Å². The van der Waals surface area contributed by atoms with E-state index in [9.17, 15) is 14.7 Å². The van der Waals surface area contributed by atoms with Crippen molar-refractivity contribution >= 4 is 12.0 Å². The Hall–Kier alpha value is -2.82. The summed E-state index contributed by atoms with van der Waals surface area (Å²) in [6.45, 7) is 1.80. The van der Waals surface area contributed by atoms with Gasteiger partial charge in [0.25, 0.3) is 5.56 Å². The molecule has 0 bridgehead atoms. The number of aromatic carboxylic acids is 1. The molecule has 5 heteroatoms. The zero-order valence-corrected chi connectivity index (χ0v) is 12.0. The number of hydrogen-bond donors (Lipinski definition) is 3. The van der Waals surface area contributed by atoms with Gasteiger partial charge < -0.3 is 15.2 Å². The lowest BCUT2D eigenvalue weighted by Gasteiger charge is -2.13. The normalized spacial score (nSPS) is 12.4. The second-order valence-corrected chi connectivity index (χ2v) is 5.21. The largest absolute Gasteiger partial charge is 0.506 e. The van der Waals surface area contributed by atoms with Gasteiger partial charge in [0.05, 0.1) is 5.69 Å². The van der Waals surface area contributed by atoms with E-state index in [4.69, 9.17) is 5.11 Å². The van der Waals surface area contributed by atoms with Crippen LogP contribution in [-0.2, 0) is 12.8 Å². The average Bonchev–Trinajstić information content (AvgIpc) is 2.93. The Morgan fingerprint density at radius 1 is 1.36 bits per heavy atom. The highest BCUT2D eigenvalue weighted by Gasteiger charge is 2.22. The lowest BCUT2D eigenvalue weighted by atomic mass is 9.97. The minimum absolute atomic E-state index is 0.410. The summed E-state index contributed by atoms with van der Waals surface area (Å²) < 4.78 is 0. The molecule has 5 nitrogen and oxygen atoms in total. The fraction of sp³-hybridized carbons (Fsp3) is 0.176. The maximum absolute atomic E-state index is 12.0. The van der Waals surface area contributed by atoms with Gasteiger partial charge in [0.15, 0.2) is 5.56 Å². The number of carboxylic acids is 1. The van der Waals surface area contributed by atoms with Crippen LogP contribution in [-0.4, -0.2) is 21.2 Å². The van der Waals surface area contributed by atoms with Crippen molar-refractivity contribution in [3.05, 3.63) is 56.9 Å². The van der Waals surface area contributed by atoms with Gasteiger partial charge in [-0.25, -0.2) is 4.79 Å². The van der Waals surface area contributed by atoms with Crippen molar-refractivity contribution in [1.29, 1.82) is 0 Å². The number of rotatable bonds is 3. The minimum atomic E-state index is -1.43. The Morgan fingerprint density at radius 3 is 2.82 bits per heavy atom. The quantitative estimate of drug-likeness (QED) is 0.812. The molecule has 112 valence electrons. The number of nitrogens with one attached hydrogen (secondary N) is 1. The number of carboxylic acid groups (broad SMARTS) is 1. The molecule has 3 N–H and O–H groups in total. The van der Waals surface area contributed by atoms with Crippen molar-refractivity contribution in [2.24, 2.45) is 0 Å². The Balaban J connectivity index is 2.23. The number of hydrogen-bond acceptors (Lipinski definition) is 3. The van der Waals surface area contributed by atoms with Crippen LogP contribution in [0.1, 0.15) is 34.0 Å². The molecular formula is C17H15NO4. The third-order valence-corrected chi connectivity index (χ3v) is 3.92. The first-order valence-electron chi connectivity index (χ1n) is 7.04. The molecular weight excluding hydrogens is 282 g/mol. The molecule has 0 saturated heterocycles. The lowest BCUT2D eigenvalue weighted by Crippen LogP contribution is -2.20. The van der Waals surface area contributed by atoms with Gasteiger partial charge in [0.2, 0.25) is 0 Å². The molecule has 0 amide bonds. The van der Waals surface area contributed by atoms with E-state index in [0.717, 1.165) is 23.1 Å². The summed E-state index contributed by atoms with van der Waals surface area (Å²) >= 11 is 0. The van der Waals surface area contributed by atoms with E-state index in [1.807, 2.05) is 24.3 Å². The van der Waals surface area contributed by atoms with Crippen LogP contribution in [0.2, 0.25) is 0 Å². The Morgan fingerprint density at radius 2 is 2.14 bits per heavy atom. The highest BCUT2D eigenvalue weighted by atomic mass is 16.4. The maximum atomic E-state index is 12.0. The fourth-order valence-electron chi connectivity index (χ4n) is 2.83. The summed E-state index contributed by atoms with van der Waals surface area (Å²) in [5, 5.41) is 19.2. The van der Waals surface area contributed by atoms with Gasteiger partial charge in [-0.1, -0.05) is 31.2 Å². The second-order valence-electron chi connectivity index (χ2n) is 5.21. The second kappa shape index (κ2) is 5.18. The molecule has 0 radical (unpaired) electrons. The topological polar surface area (TPSA) is 90.4 Å². The first-order valence-corrected chi connectivity index (χ1v) is 7.04. The summed E-state index contributed by atoms with van der Waals surface area (Å²) in [7, 11) is 0. The third kappa shape index (κ3) is 2.11. The molecule has 0 fully saturated rings. The molecule has 0 unspecified atom stereocenters. The predicted octanol–water partition coefficient (Wildman–Crippen LogP) is 2.58. The van der Waals surface area contributed by atoms with E-state index in [0.29, 0.717) is 17.7 Å². The molecule has 1 aromatic carbocycles. The van der Waals surface area contributed by atoms with Gasteiger partial charge in [-0.15, -0.1) is 0 Å². The van der Waals surface area contributed by atoms with Crippen molar-refractivity contribution in [3.63, 3.8) is 0 Å². The summed E-state index contributed by atoms with van der Waals surface area (Å²) in [5.41, 5.74) is 2.55. The Bertz CT molecular complexity index is 862. The Kier molecular flexibility index (Phi) is 3.33. The number of benzene rings is 1. The standard InChI is InChI=1S/C17H15NO4/c1-2-12-14(18-16(20)13(15(12)19)17(21)22)11-7-6-9-4-3-5-10(9)8-11/h3-4,6-8H,2,5H2,1H3,(H,21,22)(H2,18,19,20). The number of H-pyrrole nitrogens is 1. The van der Waals surface area contributed by atoms with Crippen LogP contribution < -0.4 is 5.56 Å². The van der Waals surface area contributed by atoms with Gasteiger partial charge in [-0.05, 0) is 35.6 Å². The number of aromatic hydroxyl groups is 1. The highest BCUT2D eigenvalue weighted by molar-refractivity contribution is 5.92. The van der Waals surface area contributed by atoms with Crippen molar-refractivity contribution in [3.8, 4) is 17.0 Å². The monoisotopic (exact) mass is 297 g/mol. The zero-order valence-electron chi connectivity index (χ0n) is 12.0. The molecule has 1 aromatic heterocycles. The minimum Gasteiger partial charge on any atom is -0.506 e. The Labute approximate surface area is 126 Å². The van der Waals surface area contributed by atoms with Gasteiger partial charge in [-0.3, -0.25) is 4.79 Å². The average molecular weight is 297 g/mol. The van der Waals surface area contributed by atoms with Gasteiger partial charge in [0, 0.05) is 5.56 Å². The lowest BCUT2D eigenvalue weighted by molar-refractivity contribution is 0.0691. The molecule has 0 saturated carbocycles.